The second-order valence-corrected chi connectivity index (χ2v) is 2.01. The zero-order valence-corrected chi connectivity index (χ0v) is 9.35. The molecule has 0 radical (unpaired) electrons. The number of carbonyl (C=O) groups is 2. The summed E-state index contributed by atoms with van der Waals surface area (Å²) in [6.45, 7) is 3.58. The Labute approximate surface area is 90.3 Å². The van der Waals surface area contributed by atoms with Crippen molar-refractivity contribution in [3.05, 3.63) is 0 Å². The summed E-state index contributed by atoms with van der Waals surface area (Å²) in [6, 6.07) is 0. The van der Waals surface area contributed by atoms with Crippen molar-refractivity contribution in [2.45, 2.75) is 26.7 Å². The summed E-state index contributed by atoms with van der Waals surface area (Å²) >= 11 is 0. The van der Waals surface area contributed by atoms with Crippen molar-refractivity contribution >= 4 is 11.8 Å². The maximum atomic E-state index is 10.6. The molecule has 4 heteroatoms. The number of Topliss-reactive ketones (excluding diaryl/α,β-unsaturated/α-hetero) is 1. The van der Waals surface area contributed by atoms with Gasteiger partial charge in [0.1, 0.15) is 5.78 Å². The third-order valence-corrected chi connectivity index (χ3v) is 0.987. The van der Waals surface area contributed by atoms with Crippen molar-refractivity contribution in [3.8, 4) is 0 Å². The summed E-state index contributed by atoms with van der Waals surface area (Å²) in [5, 5.41) is 0. The summed E-state index contributed by atoms with van der Waals surface area (Å²) in [4.78, 5) is 20.9. The molecular formula is C7H13NaO3. The number of rotatable bonds is 4. The van der Waals surface area contributed by atoms with Crippen LogP contribution in [-0.2, 0) is 14.3 Å². The van der Waals surface area contributed by atoms with E-state index >= 15 is 0 Å². The Morgan fingerprint density at radius 1 is 1.36 bits per heavy atom. The largest absolute Gasteiger partial charge is 1.00 e. The molecule has 60 valence electrons. The van der Waals surface area contributed by atoms with Crippen LogP contribution in [0.25, 0.3) is 0 Å². The van der Waals surface area contributed by atoms with Gasteiger partial charge < -0.3 is 11.0 Å². The fourth-order valence-corrected chi connectivity index (χ4v) is 0.511. The Morgan fingerprint density at radius 2 is 1.91 bits per heavy atom. The number of hydrogen-bond acceptors (Lipinski definition) is 3. The minimum atomic E-state index is -0.294. The predicted molar refractivity (Wildman–Crippen MR) is 37.7 cm³/mol. The van der Waals surface area contributed by atoms with Crippen LogP contribution in [-0.4, -0.2) is 18.4 Å². The van der Waals surface area contributed by atoms with Gasteiger partial charge in [-0.15, -0.1) is 0 Å². The molecule has 0 saturated carbocycles. The minimum Gasteiger partial charge on any atom is -1.00 e. The van der Waals surface area contributed by atoms with Crippen LogP contribution in [0.4, 0.5) is 0 Å². The van der Waals surface area contributed by atoms with Crippen molar-refractivity contribution in [2.75, 3.05) is 6.61 Å². The average molecular weight is 168 g/mol. The molecule has 0 aromatic heterocycles. The number of carbonyl (C=O) groups excluding carboxylic acids is 2. The maximum absolute atomic E-state index is 10.6. The Hall–Kier alpha value is 0.140. The molecule has 0 aliphatic heterocycles. The first-order valence-corrected chi connectivity index (χ1v) is 3.32. The molecule has 0 heterocycles. The normalized spacial score (nSPS) is 8.18. The molecule has 11 heavy (non-hydrogen) atoms. The van der Waals surface area contributed by atoms with E-state index in [-0.39, 0.29) is 49.2 Å². The van der Waals surface area contributed by atoms with E-state index in [9.17, 15) is 9.59 Å². The van der Waals surface area contributed by atoms with E-state index in [1.807, 2.05) is 0 Å². The molecular weight excluding hydrogens is 155 g/mol. The fraction of sp³-hybridized carbons (Fsp3) is 0.714. The first-order valence-electron chi connectivity index (χ1n) is 3.32. The van der Waals surface area contributed by atoms with Gasteiger partial charge in [-0.05, 0) is 13.8 Å². The molecule has 0 saturated heterocycles. The second kappa shape index (κ2) is 8.24. The van der Waals surface area contributed by atoms with Gasteiger partial charge in [-0.25, -0.2) is 0 Å². The van der Waals surface area contributed by atoms with Crippen LogP contribution in [0.15, 0.2) is 0 Å². The van der Waals surface area contributed by atoms with E-state index in [2.05, 4.69) is 4.74 Å². The SMILES string of the molecule is CCOC(=O)CCC(C)=O.[H-].[Na+]. The van der Waals surface area contributed by atoms with Gasteiger partial charge in [-0.3, -0.25) is 4.79 Å². The first kappa shape index (κ1) is 13.7. The van der Waals surface area contributed by atoms with Gasteiger partial charge >= 0.3 is 35.5 Å². The Bertz CT molecular complexity index is 139. The third kappa shape index (κ3) is 10.1. The maximum Gasteiger partial charge on any atom is 1.00 e. The van der Waals surface area contributed by atoms with Crippen LogP contribution in [0.5, 0.6) is 0 Å². The van der Waals surface area contributed by atoms with Gasteiger partial charge in [-0.2, -0.15) is 0 Å². The molecule has 0 atom stereocenters. The Kier molecular flexibility index (Phi) is 10.3. The Balaban J connectivity index is -0.000000405. The first-order chi connectivity index (χ1) is 4.66. The van der Waals surface area contributed by atoms with Gasteiger partial charge in [-0.1, -0.05) is 0 Å². The van der Waals surface area contributed by atoms with Gasteiger partial charge in [0.15, 0.2) is 0 Å². The summed E-state index contributed by atoms with van der Waals surface area (Å²) in [5.74, 6) is -0.272. The van der Waals surface area contributed by atoms with Gasteiger partial charge in [0.2, 0.25) is 0 Å². The molecule has 0 aromatic rings. The van der Waals surface area contributed by atoms with Crippen molar-refractivity contribution in [3.63, 3.8) is 0 Å². The van der Waals surface area contributed by atoms with Crippen LogP contribution in [0, 0.1) is 0 Å². The summed E-state index contributed by atoms with van der Waals surface area (Å²) in [5.41, 5.74) is 0. The van der Waals surface area contributed by atoms with Gasteiger partial charge in [0.25, 0.3) is 0 Å². The molecule has 0 spiro atoms. The topological polar surface area (TPSA) is 43.4 Å². The number of ketones is 1. The smallest absolute Gasteiger partial charge is 1.00 e. The fourth-order valence-electron chi connectivity index (χ4n) is 0.511. The molecule has 0 amide bonds. The zero-order chi connectivity index (χ0) is 7.98. The van der Waals surface area contributed by atoms with E-state index in [1.165, 1.54) is 6.92 Å². The number of ether oxygens (including phenoxy) is 1. The molecule has 0 N–H and O–H groups in total. The van der Waals surface area contributed by atoms with Crippen molar-refractivity contribution in [1.29, 1.82) is 0 Å². The second-order valence-electron chi connectivity index (χ2n) is 2.01. The van der Waals surface area contributed by atoms with E-state index in [0.717, 1.165) is 0 Å². The predicted octanol–water partition coefficient (Wildman–Crippen LogP) is -1.96. The summed E-state index contributed by atoms with van der Waals surface area (Å²) in [6.07, 6.45) is 0.502. The third-order valence-electron chi connectivity index (χ3n) is 0.987. The molecule has 0 aromatic carbocycles. The van der Waals surface area contributed by atoms with E-state index < -0.39 is 0 Å². The molecule has 3 nitrogen and oxygen atoms in total. The number of esters is 1. The number of hydrogen-bond donors (Lipinski definition) is 0. The van der Waals surface area contributed by atoms with Gasteiger partial charge in [0.05, 0.1) is 13.0 Å². The Morgan fingerprint density at radius 3 is 2.27 bits per heavy atom. The summed E-state index contributed by atoms with van der Waals surface area (Å²) < 4.78 is 4.60. The van der Waals surface area contributed by atoms with E-state index in [4.69, 9.17) is 0 Å². The molecule has 0 bridgehead atoms. The molecule has 0 aliphatic rings. The van der Waals surface area contributed by atoms with Crippen LogP contribution in [0.2, 0.25) is 0 Å². The zero-order valence-electron chi connectivity index (χ0n) is 8.35. The van der Waals surface area contributed by atoms with Crippen molar-refractivity contribution < 1.29 is 45.3 Å². The molecule has 0 aliphatic carbocycles. The van der Waals surface area contributed by atoms with Crippen LogP contribution in [0.3, 0.4) is 0 Å². The van der Waals surface area contributed by atoms with Crippen molar-refractivity contribution in [1.82, 2.24) is 0 Å². The molecule has 0 rings (SSSR count). The average Bonchev–Trinajstić information content (AvgIpc) is 1.85. The molecule has 0 unspecified atom stereocenters. The van der Waals surface area contributed by atoms with Gasteiger partial charge in [0, 0.05) is 6.42 Å². The van der Waals surface area contributed by atoms with E-state index in [0.29, 0.717) is 13.0 Å². The van der Waals surface area contributed by atoms with E-state index in [1.54, 1.807) is 6.92 Å². The van der Waals surface area contributed by atoms with Crippen LogP contribution >= 0.6 is 0 Å². The van der Waals surface area contributed by atoms with Crippen LogP contribution < -0.4 is 29.6 Å². The monoisotopic (exact) mass is 168 g/mol. The standard InChI is InChI=1S/C7H12O3.Na.H/c1-3-10-7(9)5-4-6(2)8;;/h3-5H2,1-2H3;;/q;+1;-1. The quantitative estimate of drug-likeness (QED) is 0.361. The summed E-state index contributed by atoms with van der Waals surface area (Å²) in [7, 11) is 0. The van der Waals surface area contributed by atoms with Crippen molar-refractivity contribution in [2.24, 2.45) is 0 Å². The minimum absolute atomic E-state index is 0. The molecule has 0 fully saturated rings. The van der Waals surface area contributed by atoms with Crippen LogP contribution in [0.1, 0.15) is 28.1 Å².